The summed E-state index contributed by atoms with van der Waals surface area (Å²) >= 11 is 0. The van der Waals surface area contributed by atoms with Gasteiger partial charge in [0.2, 0.25) is 0 Å². The molecule has 0 saturated carbocycles. The highest BCUT2D eigenvalue weighted by molar-refractivity contribution is 5.92. The average Bonchev–Trinajstić information content (AvgIpc) is 2.66. The normalized spacial score (nSPS) is 14.4. The van der Waals surface area contributed by atoms with E-state index >= 15 is 0 Å². The van der Waals surface area contributed by atoms with E-state index in [1.807, 2.05) is 18.2 Å². The Morgan fingerprint density at radius 3 is 2.60 bits per heavy atom. The second-order valence-electron chi connectivity index (χ2n) is 6.06. The SMILES string of the molecule is COc1cccc(C(=O)O[C@@H](C)C(=O)N2CCc3ccccc3C2)c1. The van der Waals surface area contributed by atoms with Gasteiger partial charge in [0.15, 0.2) is 6.10 Å². The third-order valence-corrected chi connectivity index (χ3v) is 4.38. The van der Waals surface area contributed by atoms with Crippen LogP contribution in [0.3, 0.4) is 0 Å². The maximum Gasteiger partial charge on any atom is 0.339 e. The zero-order valence-corrected chi connectivity index (χ0v) is 14.4. The third kappa shape index (κ3) is 3.82. The van der Waals surface area contributed by atoms with Gasteiger partial charge in [0.05, 0.1) is 12.7 Å². The fourth-order valence-corrected chi connectivity index (χ4v) is 2.97. The minimum Gasteiger partial charge on any atom is -0.497 e. The quantitative estimate of drug-likeness (QED) is 0.804. The average molecular weight is 339 g/mol. The zero-order valence-electron chi connectivity index (χ0n) is 14.4. The van der Waals surface area contributed by atoms with Crippen LogP contribution in [0.15, 0.2) is 48.5 Å². The van der Waals surface area contributed by atoms with Crippen molar-refractivity contribution in [3.63, 3.8) is 0 Å². The molecular weight excluding hydrogens is 318 g/mol. The first kappa shape index (κ1) is 17.0. The molecule has 25 heavy (non-hydrogen) atoms. The smallest absolute Gasteiger partial charge is 0.339 e. The Kier molecular flexibility index (Phi) is 5.03. The summed E-state index contributed by atoms with van der Waals surface area (Å²) in [4.78, 5) is 26.6. The van der Waals surface area contributed by atoms with E-state index in [4.69, 9.17) is 9.47 Å². The Morgan fingerprint density at radius 1 is 1.08 bits per heavy atom. The minimum absolute atomic E-state index is 0.175. The second-order valence-corrected chi connectivity index (χ2v) is 6.06. The van der Waals surface area contributed by atoms with E-state index in [1.165, 1.54) is 12.7 Å². The number of ether oxygens (including phenoxy) is 2. The summed E-state index contributed by atoms with van der Waals surface area (Å²) in [5, 5.41) is 0. The lowest BCUT2D eigenvalue weighted by molar-refractivity contribution is -0.140. The van der Waals surface area contributed by atoms with Gasteiger partial charge in [-0.3, -0.25) is 4.79 Å². The maximum atomic E-state index is 12.6. The van der Waals surface area contributed by atoms with Crippen LogP contribution in [-0.4, -0.2) is 36.5 Å². The lowest BCUT2D eigenvalue weighted by Crippen LogP contribution is -2.42. The molecule has 1 aliphatic heterocycles. The van der Waals surface area contributed by atoms with Crippen LogP contribution in [0, 0.1) is 0 Å². The van der Waals surface area contributed by atoms with Gasteiger partial charge >= 0.3 is 5.97 Å². The van der Waals surface area contributed by atoms with Gasteiger partial charge in [-0.2, -0.15) is 0 Å². The second kappa shape index (κ2) is 7.38. The molecule has 0 aliphatic carbocycles. The lowest BCUT2D eigenvalue weighted by atomic mass is 9.99. The van der Waals surface area contributed by atoms with Crippen molar-refractivity contribution >= 4 is 11.9 Å². The number of amides is 1. The molecule has 0 spiro atoms. The highest BCUT2D eigenvalue weighted by atomic mass is 16.5. The Morgan fingerprint density at radius 2 is 1.84 bits per heavy atom. The molecule has 2 aromatic rings. The summed E-state index contributed by atoms with van der Waals surface area (Å²) in [7, 11) is 1.53. The van der Waals surface area contributed by atoms with Gasteiger partial charge in [0.1, 0.15) is 5.75 Å². The topological polar surface area (TPSA) is 55.8 Å². The van der Waals surface area contributed by atoms with E-state index in [2.05, 4.69) is 6.07 Å². The Labute approximate surface area is 147 Å². The molecule has 1 heterocycles. The molecule has 3 rings (SSSR count). The lowest BCUT2D eigenvalue weighted by Gasteiger charge is -2.30. The molecule has 1 atom stereocenters. The van der Waals surface area contributed by atoms with Crippen LogP contribution in [0.4, 0.5) is 0 Å². The van der Waals surface area contributed by atoms with E-state index < -0.39 is 12.1 Å². The molecule has 0 aromatic heterocycles. The van der Waals surface area contributed by atoms with Crippen LogP contribution in [-0.2, 0) is 22.5 Å². The zero-order chi connectivity index (χ0) is 17.8. The van der Waals surface area contributed by atoms with Crippen molar-refractivity contribution in [3.05, 3.63) is 65.2 Å². The Balaban J connectivity index is 1.64. The van der Waals surface area contributed by atoms with Crippen LogP contribution in [0.25, 0.3) is 0 Å². The van der Waals surface area contributed by atoms with E-state index in [0.717, 1.165) is 12.0 Å². The first-order valence-electron chi connectivity index (χ1n) is 8.29. The number of carbonyl (C=O) groups is 2. The number of carbonyl (C=O) groups excluding carboxylic acids is 2. The van der Waals surface area contributed by atoms with Crippen molar-refractivity contribution in [2.45, 2.75) is 26.0 Å². The number of esters is 1. The van der Waals surface area contributed by atoms with E-state index in [1.54, 1.807) is 36.1 Å². The molecule has 130 valence electrons. The van der Waals surface area contributed by atoms with Gasteiger partial charge in [-0.15, -0.1) is 0 Å². The first-order valence-corrected chi connectivity index (χ1v) is 8.29. The summed E-state index contributed by atoms with van der Waals surface area (Å²) in [6.07, 6.45) is -0.0117. The molecule has 1 amide bonds. The monoisotopic (exact) mass is 339 g/mol. The van der Waals surface area contributed by atoms with Gasteiger partial charge in [0.25, 0.3) is 5.91 Å². The summed E-state index contributed by atoms with van der Waals surface area (Å²) in [6.45, 7) is 2.80. The van der Waals surface area contributed by atoms with Gasteiger partial charge in [-0.25, -0.2) is 4.79 Å². The predicted octanol–water partition coefficient (Wildman–Crippen LogP) is 2.83. The number of benzene rings is 2. The van der Waals surface area contributed by atoms with Crippen molar-refractivity contribution in [2.75, 3.05) is 13.7 Å². The van der Waals surface area contributed by atoms with Crippen molar-refractivity contribution in [1.29, 1.82) is 0 Å². The molecular formula is C20H21NO4. The fourth-order valence-electron chi connectivity index (χ4n) is 2.97. The maximum absolute atomic E-state index is 12.6. The van der Waals surface area contributed by atoms with Crippen LogP contribution in [0.1, 0.15) is 28.4 Å². The molecule has 0 unspecified atom stereocenters. The van der Waals surface area contributed by atoms with Gasteiger partial charge in [-0.05, 0) is 42.7 Å². The number of fused-ring (bicyclic) bond motifs is 1. The third-order valence-electron chi connectivity index (χ3n) is 4.38. The van der Waals surface area contributed by atoms with E-state index in [9.17, 15) is 9.59 Å². The van der Waals surface area contributed by atoms with Crippen molar-refractivity contribution < 1.29 is 19.1 Å². The molecule has 1 aliphatic rings. The number of nitrogens with zero attached hydrogens (tertiary/aromatic N) is 1. The molecule has 0 saturated heterocycles. The molecule has 0 radical (unpaired) electrons. The Hall–Kier alpha value is -2.82. The number of methoxy groups -OCH3 is 1. The number of hydrogen-bond donors (Lipinski definition) is 0. The van der Waals surface area contributed by atoms with E-state index in [-0.39, 0.29) is 5.91 Å². The van der Waals surface area contributed by atoms with Crippen LogP contribution < -0.4 is 4.74 Å². The summed E-state index contributed by atoms with van der Waals surface area (Å²) in [5.41, 5.74) is 2.78. The predicted molar refractivity (Wildman–Crippen MR) is 93.4 cm³/mol. The van der Waals surface area contributed by atoms with Crippen LogP contribution in [0.2, 0.25) is 0 Å². The van der Waals surface area contributed by atoms with Crippen molar-refractivity contribution in [3.8, 4) is 5.75 Å². The summed E-state index contributed by atoms with van der Waals surface area (Å²) in [5.74, 6) is -0.135. The van der Waals surface area contributed by atoms with Gasteiger partial charge in [0, 0.05) is 13.1 Å². The standard InChI is InChI=1S/C20H21NO4/c1-14(25-20(23)16-8-5-9-18(12-16)24-2)19(22)21-11-10-15-6-3-4-7-17(15)13-21/h3-9,12,14H,10-11,13H2,1-2H3/t14-/m0/s1. The Bertz CT molecular complexity index is 787. The highest BCUT2D eigenvalue weighted by Crippen LogP contribution is 2.20. The van der Waals surface area contributed by atoms with E-state index in [0.29, 0.717) is 24.4 Å². The fraction of sp³-hybridized carbons (Fsp3) is 0.300. The van der Waals surface area contributed by atoms with Crippen molar-refractivity contribution in [2.24, 2.45) is 0 Å². The summed E-state index contributed by atoms with van der Waals surface area (Å²) in [6, 6.07) is 14.8. The molecule has 0 N–H and O–H groups in total. The number of rotatable bonds is 4. The molecule has 0 bridgehead atoms. The molecule has 5 nitrogen and oxygen atoms in total. The number of hydrogen-bond acceptors (Lipinski definition) is 4. The largest absolute Gasteiger partial charge is 0.497 e. The molecule has 2 aromatic carbocycles. The van der Waals surface area contributed by atoms with Crippen LogP contribution >= 0.6 is 0 Å². The minimum atomic E-state index is -0.830. The van der Waals surface area contributed by atoms with Crippen LogP contribution in [0.5, 0.6) is 5.75 Å². The van der Waals surface area contributed by atoms with Crippen molar-refractivity contribution in [1.82, 2.24) is 4.90 Å². The van der Waals surface area contributed by atoms with Gasteiger partial charge in [-0.1, -0.05) is 30.3 Å². The van der Waals surface area contributed by atoms with Gasteiger partial charge < -0.3 is 14.4 Å². The highest BCUT2D eigenvalue weighted by Gasteiger charge is 2.27. The first-order chi connectivity index (χ1) is 12.1. The molecule has 5 heteroatoms. The molecule has 0 fully saturated rings. The summed E-state index contributed by atoms with van der Waals surface area (Å²) < 4.78 is 10.5.